The van der Waals surface area contributed by atoms with Crippen LogP contribution in [0.2, 0.25) is 0 Å². The van der Waals surface area contributed by atoms with Crippen molar-refractivity contribution in [2.75, 3.05) is 6.54 Å². The monoisotopic (exact) mass is 251 g/mol. The SMILES string of the molecule is CC1(CNCc2ccc(C(=O)O)o2)CCCCC1. The molecular weight excluding hydrogens is 230 g/mol. The van der Waals surface area contributed by atoms with E-state index < -0.39 is 5.97 Å². The summed E-state index contributed by atoms with van der Waals surface area (Å²) < 4.78 is 5.21. The molecule has 0 amide bonds. The molecule has 4 nitrogen and oxygen atoms in total. The molecule has 0 unspecified atom stereocenters. The Hall–Kier alpha value is -1.29. The molecule has 0 aliphatic heterocycles. The summed E-state index contributed by atoms with van der Waals surface area (Å²) in [5, 5.41) is 12.1. The Morgan fingerprint density at radius 2 is 2.11 bits per heavy atom. The van der Waals surface area contributed by atoms with E-state index in [2.05, 4.69) is 12.2 Å². The van der Waals surface area contributed by atoms with Crippen molar-refractivity contribution in [2.24, 2.45) is 5.41 Å². The molecule has 1 aliphatic carbocycles. The molecule has 0 radical (unpaired) electrons. The molecule has 0 saturated heterocycles. The summed E-state index contributed by atoms with van der Waals surface area (Å²) in [7, 11) is 0. The summed E-state index contributed by atoms with van der Waals surface area (Å²) in [6.07, 6.45) is 6.55. The molecule has 2 N–H and O–H groups in total. The number of carboxylic acid groups (broad SMARTS) is 1. The van der Waals surface area contributed by atoms with Crippen LogP contribution in [0.5, 0.6) is 0 Å². The van der Waals surface area contributed by atoms with Gasteiger partial charge in [0.15, 0.2) is 0 Å². The third-order valence-electron chi connectivity index (χ3n) is 3.78. The van der Waals surface area contributed by atoms with Gasteiger partial charge in [-0.1, -0.05) is 26.2 Å². The van der Waals surface area contributed by atoms with E-state index in [1.165, 1.54) is 38.2 Å². The lowest BCUT2D eigenvalue weighted by molar-refractivity contribution is 0.0660. The van der Waals surface area contributed by atoms with Gasteiger partial charge in [0, 0.05) is 6.54 Å². The third-order valence-corrected chi connectivity index (χ3v) is 3.78. The molecule has 1 aromatic rings. The number of rotatable bonds is 5. The summed E-state index contributed by atoms with van der Waals surface area (Å²) in [5.74, 6) is -0.317. The van der Waals surface area contributed by atoms with Gasteiger partial charge in [0.05, 0.1) is 6.54 Å². The van der Waals surface area contributed by atoms with Crippen LogP contribution in [-0.2, 0) is 6.54 Å². The molecule has 0 spiro atoms. The molecule has 18 heavy (non-hydrogen) atoms. The smallest absolute Gasteiger partial charge is 0.371 e. The number of carboxylic acids is 1. The normalized spacial score (nSPS) is 18.7. The zero-order valence-electron chi connectivity index (χ0n) is 10.9. The molecular formula is C14H21NO3. The number of hydrogen-bond acceptors (Lipinski definition) is 3. The first-order valence-electron chi connectivity index (χ1n) is 6.62. The van der Waals surface area contributed by atoms with Crippen LogP contribution in [0.1, 0.15) is 55.3 Å². The van der Waals surface area contributed by atoms with Gasteiger partial charge in [-0.05, 0) is 30.4 Å². The maximum Gasteiger partial charge on any atom is 0.371 e. The minimum atomic E-state index is -1.01. The van der Waals surface area contributed by atoms with Crippen molar-refractivity contribution < 1.29 is 14.3 Å². The predicted molar refractivity (Wildman–Crippen MR) is 68.6 cm³/mol. The lowest BCUT2D eigenvalue weighted by Gasteiger charge is -2.33. The van der Waals surface area contributed by atoms with Gasteiger partial charge in [0.25, 0.3) is 0 Å². The molecule has 0 atom stereocenters. The van der Waals surface area contributed by atoms with E-state index in [1.807, 2.05) is 0 Å². The highest BCUT2D eigenvalue weighted by Gasteiger charge is 2.26. The van der Waals surface area contributed by atoms with Gasteiger partial charge in [-0.25, -0.2) is 4.79 Å². The zero-order valence-corrected chi connectivity index (χ0v) is 10.9. The fourth-order valence-electron chi connectivity index (χ4n) is 2.66. The summed E-state index contributed by atoms with van der Waals surface area (Å²) in [4.78, 5) is 10.7. The van der Waals surface area contributed by atoms with Gasteiger partial charge in [-0.2, -0.15) is 0 Å². The second-order valence-electron chi connectivity index (χ2n) is 5.55. The second-order valence-corrected chi connectivity index (χ2v) is 5.55. The van der Waals surface area contributed by atoms with Crippen molar-refractivity contribution in [2.45, 2.75) is 45.6 Å². The van der Waals surface area contributed by atoms with Crippen LogP contribution in [0, 0.1) is 5.41 Å². The van der Waals surface area contributed by atoms with Crippen LogP contribution in [-0.4, -0.2) is 17.6 Å². The topological polar surface area (TPSA) is 62.5 Å². The molecule has 100 valence electrons. The average Bonchev–Trinajstić information content (AvgIpc) is 2.78. The number of nitrogens with one attached hydrogen (secondary N) is 1. The van der Waals surface area contributed by atoms with Crippen molar-refractivity contribution in [1.82, 2.24) is 5.32 Å². The lowest BCUT2D eigenvalue weighted by atomic mass is 9.76. The highest BCUT2D eigenvalue weighted by Crippen LogP contribution is 2.34. The van der Waals surface area contributed by atoms with E-state index in [0.29, 0.717) is 17.7 Å². The highest BCUT2D eigenvalue weighted by molar-refractivity contribution is 5.84. The van der Waals surface area contributed by atoms with E-state index in [1.54, 1.807) is 6.07 Å². The van der Waals surface area contributed by atoms with E-state index >= 15 is 0 Å². The number of hydrogen-bond donors (Lipinski definition) is 2. The molecule has 0 aromatic carbocycles. The van der Waals surface area contributed by atoms with Crippen LogP contribution in [0.15, 0.2) is 16.5 Å². The van der Waals surface area contributed by atoms with E-state index in [9.17, 15) is 4.79 Å². The quantitative estimate of drug-likeness (QED) is 0.844. The average molecular weight is 251 g/mol. The Kier molecular flexibility index (Phi) is 4.07. The second kappa shape index (κ2) is 5.57. The van der Waals surface area contributed by atoms with Crippen molar-refractivity contribution in [3.05, 3.63) is 23.7 Å². The number of aromatic carboxylic acids is 1. The van der Waals surface area contributed by atoms with Crippen LogP contribution >= 0.6 is 0 Å². The van der Waals surface area contributed by atoms with E-state index in [4.69, 9.17) is 9.52 Å². The lowest BCUT2D eigenvalue weighted by Crippen LogP contribution is -2.33. The van der Waals surface area contributed by atoms with Gasteiger partial charge in [-0.15, -0.1) is 0 Å². The van der Waals surface area contributed by atoms with Gasteiger partial charge in [-0.3, -0.25) is 0 Å². The fourth-order valence-corrected chi connectivity index (χ4v) is 2.66. The van der Waals surface area contributed by atoms with Crippen molar-refractivity contribution in [1.29, 1.82) is 0 Å². The van der Waals surface area contributed by atoms with Gasteiger partial charge >= 0.3 is 5.97 Å². The van der Waals surface area contributed by atoms with Crippen molar-refractivity contribution in [3.8, 4) is 0 Å². The van der Waals surface area contributed by atoms with Crippen LogP contribution in [0.25, 0.3) is 0 Å². The predicted octanol–water partition coefficient (Wildman–Crippen LogP) is 3.04. The standard InChI is InChI=1S/C14H21NO3/c1-14(7-3-2-4-8-14)10-15-9-11-5-6-12(18-11)13(16)17/h5-6,15H,2-4,7-10H2,1H3,(H,16,17). The molecule has 1 aliphatic rings. The number of furan rings is 1. The third kappa shape index (κ3) is 3.35. The Labute approximate surface area is 107 Å². The Balaban J connectivity index is 1.78. The van der Waals surface area contributed by atoms with Crippen molar-refractivity contribution >= 4 is 5.97 Å². The highest BCUT2D eigenvalue weighted by atomic mass is 16.4. The Morgan fingerprint density at radius 3 is 2.72 bits per heavy atom. The minimum Gasteiger partial charge on any atom is -0.475 e. The summed E-state index contributed by atoms with van der Waals surface area (Å²) in [6.45, 7) is 3.89. The maximum atomic E-state index is 10.7. The van der Waals surface area contributed by atoms with E-state index in [-0.39, 0.29) is 5.76 Å². The zero-order chi connectivity index (χ0) is 13.0. The fraction of sp³-hybridized carbons (Fsp3) is 0.643. The van der Waals surface area contributed by atoms with Crippen LogP contribution in [0.3, 0.4) is 0 Å². The first-order valence-corrected chi connectivity index (χ1v) is 6.62. The first-order chi connectivity index (χ1) is 8.59. The molecule has 4 heteroatoms. The van der Waals surface area contributed by atoms with Gasteiger partial charge < -0.3 is 14.8 Å². The first kappa shape index (κ1) is 13.1. The summed E-state index contributed by atoms with van der Waals surface area (Å²) in [6, 6.07) is 3.22. The number of carbonyl (C=O) groups is 1. The molecule has 1 aromatic heterocycles. The molecule has 1 heterocycles. The maximum absolute atomic E-state index is 10.7. The minimum absolute atomic E-state index is 0.00989. The van der Waals surface area contributed by atoms with Gasteiger partial charge in [0.1, 0.15) is 5.76 Å². The molecule has 1 saturated carbocycles. The molecule has 1 fully saturated rings. The van der Waals surface area contributed by atoms with Crippen LogP contribution in [0.4, 0.5) is 0 Å². The largest absolute Gasteiger partial charge is 0.475 e. The summed E-state index contributed by atoms with van der Waals surface area (Å²) >= 11 is 0. The Bertz CT molecular complexity index is 405. The Morgan fingerprint density at radius 1 is 1.39 bits per heavy atom. The molecule has 2 rings (SSSR count). The van der Waals surface area contributed by atoms with Crippen molar-refractivity contribution in [3.63, 3.8) is 0 Å². The summed E-state index contributed by atoms with van der Waals surface area (Å²) in [5.41, 5.74) is 0.389. The van der Waals surface area contributed by atoms with Crippen LogP contribution < -0.4 is 5.32 Å². The van der Waals surface area contributed by atoms with Gasteiger partial charge in [0.2, 0.25) is 5.76 Å². The van der Waals surface area contributed by atoms with E-state index in [0.717, 1.165) is 6.54 Å². The molecule has 0 bridgehead atoms.